The number of aromatic nitrogens is 3. The average molecular weight is 308 g/mol. The smallest absolute Gasteiger partial charge is 0.248 e. The molecule has 22 heavy (non-hydrogen) atoms. The third-order valence-corrected chi connectivity index (χ3v) is 4.07. The second kappa shape index (κ2) is 5.62. The maximum absolute atomic E-state index is 12.8. The second-order valence-corrected chi connectivity index (χ2v) is 5.88. The Morgan fingerprint density at radius 3 is 3.00 bits per heavy atom. The summed E-state index contributed by atoms with van der Waals surface area (Å²) in [6.45, 7) is 1.96. The summed E-state index contributed by atoms with van der Waals surface area (Å²) in [6, 6.07) is 1.70. The van der Waals surface area contributed by atoms with Crippen LogP contribution in [0.4, 0.5) is 8.78 Å². The molecule has 1 aliphatic rings. The van der Waals surface area contributed by atoms with E-state index in [0.717, 1.165) is 5.56 Å². The van der Waals surface area contributed by atoms with Crippen molar-refractivity contribution >= 4 is 11.6 Å². The molecule has 0 unspecified atom stereocenters. The molecule has 0 spiro atoms. The Bertz CT molecular complexity index is 677. The van der Waals surface area contributed by atoms with Crippen molar-refractivity contribution < 1.29 is 13.6 Å². The lowest BCUT2D eigenvalue weighted by atomic mass is 9.79. The van der Waals surface area contributed by atoms with Gasteiger partial charge in [-0.1, -0.05) is 6.92 Å². The van der Waals surface area contributed by atoms with Crippen LogP contribution in [0, 0.1) is 5.92 Å². The first-order chi connectivity index (χ1) is 10.5. The van der Waals surface area contributed by atoms with Crippen LogP contribution in [0.15, 0.2) is 24.7 Å². The molecule has 0 radical (unpaired) electrons. The third-order valence-electron chi connectivity index (χ3n) is 4.07. The van der Waals surface area contributed by atoms with E-state index in [4.69, 9.17) is 0 Å². The molecule has 1 N–H and O–H groups in total. The lowest BCUT2D eigenvalue weighted by molar-refractivity contribution is -0.134. The fourth-order valence-corrected chi connectivity index (χ4v) is 2.88. The van der Waals surface area contributed by atoms with E-state index in [-0.39, 0.29) is 37.1 Å². The largest absolute Gasteiger partial charge is 0.349 e. The maximum Gasteiger partial charge on any atom is 0.248 e. The fourth-order valence-electron chi connectivity index (χ4n) is 2.88. The minimum absolute atomic E-state index is 0.158. The topological polar surface area (TPSA) is 59.3 Å². The molecule has 3 rings (SSSR count). The van der Waals surface area contributed by atoms with Crippen LogP contribution in [0.5, 0.6) is 0 Å². The van der Waals surface area contributed by atoms with Crippen LogP contribution in [-0.2, 0) is 4.79 Å². The van der Waals surface area contributed by atoms with E-state index in [0.29, 0.717) is 12.1 Å². The van der Waals surface area contributed by atoms with Gasteiger partial charge in [0.05, 0.1) is 12.2 Å². The van der Waals surface area contributed by atoms with Crippen molar-refractivity contribution in [2.75, 3.05) is 0 Å². The number of nitrogens with one attached hydrogen (secondary N) is 1. The molecule has 1 fully saturated rings. The molecule has 2 aromatic heterocycles. The van der Waals surface area contributed by atoms with Gasteiger partial charge in [-0.15, -0.1) is 0 Å². The summed E-state index contributed by atoms with van der Waals surface area (Å²) in [4.78, 5) is 16.2. The number of alkyl halides is 2. The van der Waals surface area contributed by atoms with Crippen LogP contribution in [0.2, 0.25) is 0 Å². The second-order valence-electron chi connectivity index (χ2n) is 5.88. The Balaban J connectivity index is 1.62. The van der Waals surface area contributed by atoms with Gasteiger partial charge in [-0.05, 0) is 24.0 Å². The van der Waals surface area contributed by atoms with E-state index in [9.17, 15) is 13.6 Å². The molecule has 5 nitrogen and oxygen atoms in total. The number of imidazole rings is 1. The van der Waals surface area contributed by atoms with Crippen molar-refractivity contribution in [1.82, 2.24) is 19.9 Å². The van der Waals surface area contributed by atoms with Crippen molar-refractivity contribution in [3.8, 4) is 0 Å². The predicted octanol–water partition coefficient (Wildman–Crippen LogP) is 2.73. The Kier molecular flexibility index (Phi) is 3.80. The van der Waals surface area contributed by atoms with Crippen molar-refractivity contribution in [1.29, 1.82) is 0 Å². The molecule has 2 heterocycles. The van der Waals surface area contributed by atoms with Crippen LogP contribution in [-0.4, -0.2) is 26.4 Å². The highest BCUT2D eigenvalue weighted by molar-refractivity contribution is 5.76. The quantitative estimate of drug-likeness (QED) is 0.924. The molecular formula is C15H18F2N4O. The van der Waals surface area contributed by atoms with Crippen LogP contribution in [0.1, 0.15) is 44.2 Å². The molecule has 1 amide bonds. The van der Waals surface area contributed by atoms with E-state index in [2.05, 4.69) is 15.4 Å². The third kappa shape index (κ3) is 3.08. The molecule has 1 aliphatic carbocycles. The Labute approximate surface area is 126 Å². The number of hydrogen-bond acceptors (Lipinski definition) is 3. The summed E-state index contributed by atoms with van der Waals surface area (Å²) in [5.74, 6) is -2.97. The molecule has 0 aliphatic heterocycles. The van der Waals surface area contributed by atoms with Gasteiger partial charge in [0.15, 0.2) is 5.65 Å². The van der Waals surface area contributed by atoms with E-state index < -0.39 is 5.92 Å². The van der Waals surface area contributed by atoms with Crippen molar-refractivity contribution in [2.24, 2.45) is 5.92 Å². The first-order valence-corrected chi connectivity index (χ1v) is 7.43. The fraction of sp³-hybridized carbons (Fsp3) is 0.533. The first kappa shape index (κ1) is 14.9. The number of nitrogens with zero attached hydrogens (tertiary/aromatic N) is 3. The number of hydrogen-bond donors (Lipinski definition) is 1. The number of carbonyl (C=O) groups is 1. The van der Waals surface area contributed by atoms with E-state index in [1.165, 1.54) is 0 Å². The summed E-state index contributed by atoms with van der Waals surface area (Å²) in [5.41, 5.74) is 1.58. The molecule has 2 aromatic rings. The molecule has 1 atom stereocenters. The van der Waals surface area contributed by atoms with Gasteiger partial charge in [0, 0.05) is 31.7 Å². The lowest BCUT2D eigenvalue weighted by Gasteiger charge is -2.34. The van der Waals surface area contributed by atoms with Crippen molar-refractivity contribution in [3.63, 3.8) is 0 Å². The van der Waals surface area contributed by atoms with Crippen molar-refractivity contribution in [3.05, 3.63) is 30.2 Å². The summed E-state index contributed by atoms with van der Waals surface area (Å²) < 4.78 is 27.2. The van der Waals surface area contributed by atoms with Gasteiger partial charge in [0.25, 0.3) is 0 Å². The van der Waals surface area contributed by atoms with Crippen LogP contribution in [0.3, 0.4) is 0 Å². The lowest BCUT2D eigenvalue weighted by Crippen LogP contribution is -2.39. The molecule has 7 heteroatoms. The van der Waals surface area contributed by atoms with Crippen LogP contribution < -0.4 is 5.32 Å². The van der Waals surface area contributed by atoms with Gasteiger partial charge < -0.3 is 5.32 Å². The highest BCUT2D eigenvalue weighted by atomic mass is 19.3. The molecule has 0 saturated heterocycles. The zero-order valence-corrected chi connectivity index (χ0v) is 12.3. The predicted molar refractivity (Wildman–Crippen MR) is 76.4 cm³/mol. The molecule has 118 valence electrons. The molecule has 1 saturated carbocycles. The maximum atomic E-state index is 12.8. The normalized spacial score (nSPS) is 18.9. The van der Waals surface area contributed by atoms with Gasteiger partial charge in [0.2, 0.25) is 11.8 Å². The van der Waals surface area contributed by atoms with Gasteiger partial charge in [-0.3, -0.25) is 4.79 Å². The van der Waals surface area contributed by atoms with E-state index in [1.54, 1.807) is 23.1 Å². The van der Waals surface area contributed by atoms with E-state index in [1.807, 2.05) is 13.0 Å². The minimum atomic E-state index is -2.58. The number of carbonyl (C=O) groups excluding carboxylic acids is 1. The number of amides is 1. The van der Waals surface area contributed by atoms with Gasteiger partial charge >= 0.3 is 0 Å². The Hall–Kier alpha value is -2.05. The monoisotopic (exact) mass is 308 g/mol. The number of halogens is 2. The minimum Gasteiger partial charge on any atom is -0.349 e. The molecule has 0 bridgehead atoms. The summed E-state index contributed by atoms with van der Waals surface area (Å²) in [7, 11) is 0. The van der Waals surface area contributed by atoms with Crippen molar-refractivity contribution in [2.45, 2.75) is 44.6 Å². The summed E-state index contributed by atoms with van der Waals surface area (Å²) in [5, 5.41) is 7.13. The summed E-state index contributed by atoms with van der Waals surface area (Å²) in [6.07, 6.45) is 5.59. The van der Waals surface area contributed by atoms with Crippen LogP contribution in [0.25, 0.3) is 5.65 Å². The van der Waals surface area contributed by atoms with Gasteiger partial charge in [-0.25, -0.2) is 18.3 Å². The zero-order valence-electron chi connectivity index (χ0n) is 12.3. The Morgan fingerprint density at radius 2 is 2.32 bits per heavy atom. The first-order valence-electron chi connectivity index (χ1n) is 7.43. The van der Waals surface area contributed by atoms with E-state index >= 15 is 0 Å². The standard InChI is InChI=1S/C15H18F2N4O/c1-2-12(11-6-13-18-3-4-21(13)19-9-11)20-14(22)5-10-7-15(16,17)8-10/h3-4,6,9-10,12H,2,5,7-8H2,1H3,(H,20,22)/t12-/m0/s1. The molecule has 0 aromatic carbocycles. The average Bonchev–Trinajstić information content (AvgIpc) is 2.90. The highest BCUT2D eigenvalue weighted by Gasteiger charge is 2.45. The molecular weight excluding hydrogens is 290 g/mol. The van der Waals surface area contributed by atoms with Gasteiger partial charge in [0.1, 0.15) is 0 Å². The zero-order chi connectivity index (χ0) is 15.7. The van der Waals surface area contributed by atoms with Crippen LogP contribution >= 0.6 is 0 Å². The Morgan fingerprint density at radius 1 is 1.55 bits per heavy atom. The van der Waals surface area contributed by atoms with Gasteiger partial charge in [-0.2, -0.15) is 5.10 Å². The number of fused-ring (bicyclic) bond motifs is 1. The highest BCUT2D eigenvalue weighted by Crippen LogP contribution is 2.44. The summed E-state index contributed by atoms with van der Waals surface area (Å²) >= 11 is 0. The number of rotatable bonds is 5. The SMILES string of the molecule is CC[C@H](NC(=O)CC1CC(F)(F)C1)c1cnn2ccnc2c1.